The Morgan fingerprint density at radius 1 is 1.32 bits per heavy atom. The Labute approximate surface area is 104 Å². The van der Waals surface area contributed by atoms with Crippen LogP contribution in [0.5, 0.6) is 5.75 Å². The molecule has 0 amide bonds. The molecule has 0 atom stereocenters. The van der Waals surface area contributed by atoms with Gasteiger partial charge in [-0.15, -0.1) is 0 Å². The Morgan fingerprint density at radius 2 is 1.95 bits per heavy atom. The summed E-state index contributed by atoms with van der Waals surface area (Å²) in [6, 6.07) is 2.90. The van der Waals surface area contributed by atoms with E-state index in [1.54, 1.807) is 0 Å². The Hall–Kier alpha value is -1.86. The molecule has 0 aliphatic carbocycles. The second-order valence-electron chi connectivity index (χ2n) is 3.56. The molecule has 0 aliphatic heterocycles. The molecule has 1 N–H and O–H groups in total. The van der Waals surface area contributed by atoms with E-state index < -0.39 is 48.5 Å². The first-order valence-electron chi connectivity index (χ1n) is 5.07. The maximum atomic E-state index is 12.8. The lowest BCUT2D eigenvalue weighted by Gasteiger charge is -2.17. The molecule has 0 bridgehead atoms. The van der Waals surface area contributed by atoms with Crippen LogP contribution in [0.25, 0.3) is 0 Å². The van der Waals surface area contributed by atoms with Gasteiger partial charge in [0.25, 0.3) is 0 Å². The van der Waals surface area contributed by atoms with Gasteiger partial charge in [0.05, 0.1) is 0 Å². The normalized spacial score (nSPS) is 11.7. The molecule has 0 spiro atoms. The molecule has 0 aliphatic rings. The van der Waals surface area contributed by atoms with Crippen LogP contribution in [-0.2, 0) is 17.4 Å². The van der Waals surface area contributed by atoms with Crippen molar-refractivity contribution in [2.45, 2.75) is 25.6 Å². The number of halogens is 5. The summed E-state index contributed by atoms with van der Waals surface area (Å²) >= 11 is 0. The van der Waals surface area contributed by atoms with Crippen LogP contribution in [0.4, 0.5) is 22.0 Å². The molecule has 0 heterocycles. The van der Waals surface area contributed by atoms with Crippen molar-refractivity contribution in [3.63, 3.8) is 0 Å². The summed E-state index contributed by atoms with van der Waals surface area (Å²) in [6.07, 6.45) is -5.87. The number of carboxylic acids is 1. The van der Waals surface area contributed by atoms with Crippen LogP contribution in [0.3, 0.4) is 0 Å². The number of aryl methyl sites for hydroxylation is 1. The second kappa shape index (κ2) is 5.85. The van der Waals surface area contributed by atoms with Gasteiger partial charge in [0.15, 0.2) is 0 Å². The van der Waals surface area contributed by atoms with E-state index in [9.17, 15) is 26.7 Å². The van der Waals surface area contributed by atoms with Gasteiger partial charge in [-0.3, -0.25) is 4.79 Å². The van der Waals surface area contributed by atoms with E-state index in [0.717, 1.165) is 18.2 Å². The second-order valence-corrected chi connectivity index (χ2v) is 3.56. The largest absolute Gasteiger partial charge is 0.481 e. The predicted octanol–water partition coefficient (Wildman–Crippen LogP) is 3.32. The average molecular weight is 284 g/mol. The maximum Gasteiger partial charge on any atom is 0.420 e. The monoisotopic (exact) mass is 284 g/mol. The van der Waals surface area contributed by atoms with E-state index in [1.807, 2.05) is 0 Å². The van der Waals surface area contributed by atoms with Gasteiger partial charge in [-0.2, -0.15) is 22.0 Å². The Bertz CT molecular complexity index is 456. The zero-order valence-electron chi connectivity index (χ0n) is 9.38. The number of alkyl halides is 5. The van der Waals surface area contributed by atoms with E-state index in [1.165, 1.54) is 0 Å². The summed E-state index contributed by atoms with van der Waals surface area (Å²) in [6.45, 7) is -3.39. The van der Waals surface area contributed by atoms with E-state index in [0.29, 0.717) is 0 Å². The van der Waals surface area contributed by atoms with Crippen molar-refractivity contribution in [2.75, 3.05) is 0 Å². The van der Waals surface area contributed by atoms with Crippen molar-refractivity contribution in [3.8, 4) is 5.75 Å². The molecule has 0 radical (unpaired) electrons. The zero-order valence-corrected chi connectivity index (χ0v) is 9.38. The van der Waals surface area contributed by atoms with Crippen LogP contribution < -0.4 is 4.74 Å². The molecule has 0 saturated heterocycles. The topological polar surface area (TPSA) is 46.5 Å². The van der Waals surface area contributed by atoms with Gasteiger partial charge in [-0.25, -0.2) is 0 Å². The summed E-state index contributed by atoms with van der Waals surface area (Å²) < 4.78 is 66.4. The molecule has 1 aromatic rings. The first kappa shape index (κ1) is 15.2. The lowest BCUT2D eigenvalue weighted by Crippen LogP contribution is -2.15. The van der Waals surface area contributed by atoms with Crippen molar-refractivity contribution < 1.29 is 36.6 Å². The van der Waals surface area contributed by atoms with Gasteiger partial charge in [-0.1, -0.05) is 12.1 Å². The Balaban J connectivity index is 3.18. The molecular weight excluding hydrogens is 275 g/mol. The van der Waals surface area contributed by atoms with Crippen molar-refractivity contribution >= 4 is 5.97 Å². The van der Waals surface area contributed by atoms with Gasteiger partial charge in [-0.05, 0) is 18.1 Å². The predicted molar refractivity (Wildman–Crippen MR) is 54.0 cm³/mol. The van der Waals surface area contributed by atoms with Crippen molar-refractivity contribution in [1.82, 2.24) is 0 Å². The number of carboxylic acid groups (broad SMARTS) is 1. The SMILES string of the molecule is O=C(O)CCc1cccc(OC(F)F)c1C(F)(F)F. The third-order valence-corrected chi connectivity index (χ3v) is 2.22. The molecule has 3 nitrogen and oxygen atoms in total. The average Bonchev–Trinajstić information content (AvgIpc) is 2.23. The molecule has 0 fully saturated rings. The molecule has 8 heteroatoms. The number of rotatable bonds is 5. The summed E-state index contributed by atoms with van der Waals surface area (Å²) in [7, 11) is 0. The Kier molecular flexibility index (Phi) is 4.68. The summed E-state index contributed by atoms with van der Waals surface area (Å²) in [4.78, 5) is 10.4. The number of ether oxygens (including phenoxy) is 1. The third kappa shape index (κ3) is 4.38. The minimum absolute atomic E-state index is 0.395. The number of hydrogen-bond acceptors (Lipinski definition) is 2. The minimum Gasteiger partial charge on any atom is -0.481 e. The highest BCUT2D eigenvalue weighted by Gasteiger charge is 2.37. The van der Waals surface area contributed by atoms with Crippen LogP contribution in [0.2, 0.25) is 0 Å². The van der Waals surface area contributed by atoms with Crippen molar-refractivity contribution in [1.29, 1.82) is 0 Å². The van der Waals surface area contributed by atoms with Crippen LogP contribution in [0, 0.1) is 0 Å². The number of hydrogen-bond donors (Lipinski definition) is 1. The molecule has 106 valence electrons. The molecule has 19 heavy (non-hydrogen) atoms. The van der Waals surface area contributed by atoms with Crippen LogP contribution in [0.15, 0.2) is 18.2 Å². The molecule has 0 aromatic heterocycles. The van der Waals surface area contributed by atoms with Crippen LogP contribution in [-0.4, -0.2) is 17.7 Å². The summed E-state index contributed by atoms with van der Waals surface area (Å²) in [5, 5.41) is 8.45. The van der Waals surface area contributed by atoms with Crippen molar-refractivity contribution in [2.24, 2.45) is 0 Å². The fraction of sp³-hybridized carbons (Fsp3) is 0.364. The highest BCUT2D eigenvalue weighted by molar-refractivity contribution is 5.67. The highest BCUT2D eigenvalue weighted by Crippen LogP contribution is 2.39. The molecule has 1 rings (SSSR count). The summed E-state index contributed by atoms with van der Waals surface area (Å²) in [5.41, 5.74) is -1.76. The van der Waals surface area contributed by atoms with Gasteiger partial charge in [0.2, 0.25) is 0 Å². The zero-order chi connectivity index (χ0) is 14.6. The smallest absolute Gasteiger partial charge is 0.420 e. The van der Waals surface area contributed by atoms with Crippen LogP contribution >= 0.6 is 0 Å². The van der Waals surface area contributed by atoms with E-state index in [2.05, 4.69) is 4.74 Å². The number of aliphatic carboxylic acids is 1. The van der Waals surface area contributed by atoms with Gasteiger partial charge in [0.1, 0.15) is 11.3 Å². The standard InChI is InChI=1S/C11H9F5O3/c12-10(13)19-7-3-1-2-6(4-5-8(17)18)9(7)11(14,15)16/h1-3,10H,4-5H2,(H,17,18). The highest BCUT2D eigenvalue weighted by atomic mass is 19.4. The first-order chi connectivity index (χ1) is 8.71. The van der Waals surface area contributed by atoms with Crippen LogP contribution in [0.1, 0.15) is 17.5 Å². The van der Waals surface area contributed by atoms with Gasteiger partial charge < -0.3 is 9.84 Å². The number of carbonyl (C=O) groups is 1. The maximum absolute atomic E-state index is 12.8. The quantitative estimate of drug-likeness (QED) is 0.844. The lowest BCUT2D eigenvalue weighted by molar-refractivity contribution is -0.143. The fourth-order valence-electron chi connectivity index (χ4n) is 1.54. The molecular formula is C11H9F5O3. The lowest BCUT2D eigenvalue weighted by atomic mass is 10.0. The van der Waals surface area contributed by atoms with Gasteiger partial charge in [0, 0.05) is 6.42 Å². The molecule has 0 saturated carbocycles. The molecule has 1 aromatic carbocycles. The Morgan fingerprint density at radius 3 is 2.42 bits per heavy atom. The van der Waals surface area contributed by atoms with E-state index >= 15 is 0 Å². The van der Waals surface area contributed by atoms with Gasteiger partial charge >= 0.3 is 18.8 Å². The van der Waals surface area contributed by atoms with E-state index in [-0.39, 0.29) is 0 Å². The summed E-state index contributed by atoms with van der Waals surface area (Å²) in [5.74, 6) is -2.29. The third-order valence-electron chi connectivity index (χ3n) is 2.22. The number of benzene rings is 1. The van der Waals surface area contributed by atoms with Crippen molar-refractivity contribution in [3.05, 3.63) is 29.3 Å². The molecule has 0 unspecified atom stereocenters. The van der Waals surface area contributed by atoms with E-state index in [4.69, 9.17) is 5.11 Å². The first-order valence-corrected chi connectivity index (χ1v) is 5.07. The fourth-order valence-corrected chi connectivity index (χ4v) is 1.54. The minimum atomic E-state index is -4.90.